The van der Waals surface area contributed by atoms with Crippen LogP contribution in [0.3, 0.4) is 0 Å². The van der Waals surface area contributed by atoms with Gasteiger partial charge in [-0.15, -0.1) is 0 Å². The molecule has 36 heavy (non-hydrogen) atoms. The number of pyridine rings is 1. The molecule has 1 N–H and O–H groups in total. The van der Waals surface area contributed by atoms with E-state index in [1.54, 1.807) is 18.1 Å². The number of hydrogen-bond donors (Lipinski definition) is 1. The molecule has 0 bridgehead atoms. The van der Waals surface area contributed by atoms with Crippen LogP contribution in [-0.2, 0) is 29.0 Å². The Morgan fingerprint density at radius 2 is 1.75 bits per heavy atom. The molecule has 0 aliphatic carbocycles. The summed E-state index contributed by atoms with van der Waals surface area (Å²) >= 11 is 0. The third-order valence-corrected chi connectivity index (χ3v) is 6.86. The summed E-state index contributed by atoms with van der Waals surface area (Å²) in [6, 6.07) is 19.0. The smallest absolute Gasteiger partial charge is 0.249 e. The van der Waals surface area contributed by atoms with E-state index in [-0.39, 0.29) is 18.2 Å². The number of hydrogen-bond acceptors (Lipinski definition) is 3. The van der Waals surface area contributed by atoms with Gasteiger partial charge in [-0.25, -0.2) is 0 Å². The average molecular weight is 483 g/mol. The van der Waals surface area contributed by atoms with Gasteiger partial charge < -0.3 is 14.8 Å². The minimum absolute atomic E-state index is 0.167. The van der Waals surface area contributed by atoms with Gasteiger partial charge in [0.25, 0.3) is 0 Å². The lowest BCUT2D eigenvalue weighted by Crippen LogP contribution is -2.49. The second kappa shape index (κ2) is 10.8. The van der Waals surface area contributed by atoms with Crippen LogP contribution in [0.15, 0.2) is 66.9 Å². The van der Waals surface area contributed by atoms with Crippen LogP contribution in [0.4, 0.5) is 5.69 Å². The van der Waals surface area contributed by atoms with Crippen LogP contribution >= 0.6 is 0 Å². The molecular formula is C30H34N4O2. The summed E-state index contributed by atoms with van der Waals surface area (Å²) in [6.45, 7) is 9.02. The molecule has 0 radical (unpaired) electrons. The number of carbonyl (C=O) groups is 2. The number of amides is 2. The molecule has 0 saturated carbocycles. The molecule has 0 aliphatic heterocycles. The zero-order valence-corrected chi connectivity index (χ0v) is 21.7. The van der Waals surface area contributed by atoms with Gasteiger partial charge in [-0.05, 0) is 56.5 Å². The Labute approximate surface area is 213 Å². The fraction of sp³-hybridized carbons (Fsp3) is 0.300. The monoisotopic (exact) mass is 482 g/mol. The predicted octanol–water partition coefficient (Wildman–Crippen LogP) is 4.91. The maximum Gasteiger partial charge on any atom is 0.249 e. The van der Waals surface area contributed by atoms with E-state index >= 15 is 0 Å². The molecule has 4 rings (SSSR count). The first-order valence-electron chi connectivity index (χ1n) is 12.4. The molecule has 2 amide bonds. The quantitative estimate of drug-likeness (QED) is 0.388. The highest BCUT2D eigenvalue weighted by molar-refractivity contribution is 6.00. The number of carbonyl (C=O) groups excluding carboxylic acids is 2. The van der Waals surface area contributed by atoms with Crippen molar-refractivity contribution in [1.29, 1.82) is 0 Å². The average Bonchev–Trinajstić information content (AvgIpc) is 3.15. The van der Waals surface area contributed by atoms with Crippen LogP contribution in [0, 0.1) is 20.8 Å². The van der Waals surface area contributed by atoms with Crippen molar-refractivity contribution < 1.29 is 9.59 Å². The predicted molar refractivity (Wildman–Crippen MR) is 145 cm³/mol. The highest BCUT2D eigenvalue weighted by atomic mass is 16.2. The zero-order valence-electron chi connectivity index (χ0n) is 21.7. The molecule has 2 aromatic carbocycles. The van der Waals surface area contributed by atoms with Crippen molar-refractivity contribution in [2.24, 2.45) is 0 Å². The second-order valence-corrected chi connectivity index (χ2v) is 9.32. The van der Waals surface area contributed by atoms with Crippen LogP contribution in [0.1, 0.15) is 35.0 Å². The van der Waals surface area contributed by atoms with Gasteiger partial charge in [0, 0.05) is 36.8 Å². The van der Waals surface area contributed by atoms with Crippen LogP contribution in [0.5, 0.6) is 0 Å². The highest BCUT2D eigenvalue weighted by Gasteiger charge is 2.26. The molecule has 6 heteroatoms. The Bertz CT molecular complexity index is 1370. The van der Waals surface area contributed by atoms with E-state index in [0.717, 1.165) is 34.4 Å². The molecule has 0 fully saturated rings. The van der Waals surface area contributed by atoms with E-state index in [1.807, 2.05) is 55.5 Å². The van der Waals surface area contributed by atoms with E-state index < -0.39 is 6.04 Å². The van der Waals surface area contributed by atoms with Crippen molar-refractivity contribution in [1.82, 2.24) is 14.9 Å². The van der Waals surface area contributed by atoms with Crippen molar-refractivity contribution in [3.8, 4) is 0 Å². The van der Waals surface area contributed by atoms with E-state index in [9.17, 15) is 9.59 Å². The molecule has 2 heterocycles. The van der Waals surface area contributed by atoms with Gasteiger partial charge in [-0.3, -0.25) is 14.6 Å². The largest absolute Gasteiger partial charge is 0.345 e. The van der Waals surface area contributed by atoms with Crippen molar-refractivity contribution >= 4 is 28.4 Å². The van der Waals surface area contributed by atoms with Crippen LogP contribution < -0.4 is 10.2 Å². The SMILES string of the molecule is CCn1c(C)c(CC(=O)N[C@@H](Cc2ccccc2)C(=O)N(C)c2ccc(C)nc2)c2cccc(C)c21. The van der Waals surface area contributed by atoms with Gasteiger partial charge >= 0.3 is 0 Å². The van der Waals surface area contributed by atoms with E-state index in [2.05, 4.69) is 47.8 Å². The van der Waals surface area contributed by atoms with Crippen LogP contribution in [-0.4, -0.2) is 34.5 Å². The summed E-state index contributed by atoms with van der Waals surface area (Å²) in [5.41, 5.74) is 7.01. The number of nitrogens with one attached hydrogen (secondary N) is 1. The normalized spacial score (nSPS) is 11.9. The summed E-state index contributed by atoms with van der Waals surface area (Å²) in [5.74, 6) is -0.346. The number of para-hydroxylation sites is 1. The van der Waals surface area contributed by atoms with Gasteiger partial charge in [0.15, 0.2) is 0 Å². The van der Waals surface area contributed by atoms with E-state index in [4.69, 9.17) is 0 Å². The minimum Gasteiger partial charge on any atom is -0.345 e. The first-order chi connectivity index (χ1) is 17.3. The summed E-state index contributed by atoms with van der Waals surface area (Å²) in [7, 11) is 1.72. The summed E-state index contributed by atoms with van der Waals surface area (Å²) < 4.78 is 2.26. The standard InChI is InChI=1S/C30H34N4O2/c1-6-34-22(4)26(25-14-10-11-20(2)29(25)34)18-28(35)32-27(17-23-12-8-7-9-13-23)30(36)33(5)24-16-15-21(3)31-19-24/h7-16,19,27H,6,17-18H2,1-5H3,(H,32,35)/t27-/m0/s1. The van der Waals surface area contributed by atoms with Gasteiger partial charge in [0.1, 0.15) is 6.04 Å². The van der Waals surface area contributed by atoms with Crippen molar-refractivity contribution in [3.63, 3.8) is 0 Å². The summed E-state index contributed by atoms with van der Waals surface area (Å²) in [4.78, 5) is 32.9. The van der Waals surface area contributed by atoms with Crippen molar-refractivity contribution in [2.45, 2.75) is 53.1 Å². The molecule has 0 spiro atoms. The van der Waals surface area contributed by atoms with E-state index in [0.29, 0.717) is 12.1 Å². The molecule has 4 aromatic rings. The Hall–Kier alpha value is -3.93. The first kappa shape index (κ1) is 25.2. The Morgan fingerprint density at radius 1 is 1.00 bits per heavy atom. The Morgan fingerprint density at radius 3 is 2.42 bits per heavy atom. The van der Waals surface area contributed by atoms with Crippen LogP contribution in [0.25, 0.3) is 10.9 Å². The number of anilines is 1. The fourth-order valence-corrected chi connectivity index (χ4v) is 4.88. The lowest BCUT2D eigenvalue weighted by molar-refractivity contribution is -0.127. The molecule has 1 atom stereocenters. The number of aryl methyl sites for hydroxylation is 3. The highest BCUT2D eigenvalue weighted by Crippen LogP contribution is 2.29. The van der Waals surface area contributed by atoms with Crippen molar-refractivity contribution in [2.75, 3.05) is 11.9 Å². The Kier molecular flexibility index (Phi) is 7.53. The molecule has 6 nitrogen and oxygen atoms in total. The molecule has 0 saturated heterocycles. The number of nitrogens with zero attached hydrogens (tertiary/aromatic N) is 3. The molecule has 186 valence electrons. The van der Waals surface area contributed by atoms with Crippen LogP contribution in [0.2, 0.25) is 0 Å². The summed E-state index contributed by atoms with van der Waals surface area (Å²) in [6.07, 6.45) is 2.30. The summed E-state index contributed by atoms with van der Waals surface area (Å²) in [5, 5.41) is 4.15. The number of rotatable bonds is 8. The lowest BCUT2D eigenvalue weighted by atomic mass is 10.0. The van der Waals surface area contributed by atoms with Gasteiger partial charge in [0.2, 0.25) is 11.8 Å². The maximum absolute atomic E-state index is 13.6. The molecule has 0 aliphatic rings. The third kappa shape index (κ3) is 5.18. The van der Waals surface area contributed by atoms with Crippen molar-refractivity contribution in [3.05, 3.63) is 94.9 Å². The Balaban J connectivity index is 1.61. The van der Waals surface area contributed by atoms with Gasteiger partial charge in [0.05, 0.1) is 23.8 Å². The zero-order chi connectivity index (χ0) is 25.8. The minimum atomic E-state index is -0.701. The third-order valence-electron chi connectivity index (χ3n) is 6.86. The topological polar surface area (TPSA) is 67.2 Å². The number of benzene rings is 2. The number of likely N-dealkylation sites (N-methyl/N-ethyl adjacent to an activating group) is 1. The second-order valence-electron chi connectivity index (χ2n) is 9.32. The fourth-order valence-electron chi connectivity index (χ4n) is 4.88. The lowest BCUT2D eigenvalue weighted by Gasteiger charge is -2.25. The van der Waals surface area contributed by atoms with E-state index in [1.165, 1.54) is 11.1 Å². The number of aromatic nitrogens is 2. The first-order valence-corrected chi connectivity index (χ1v) is 12.4. The molecule has 2 aromatic heterocycles. The van der Waals surface area contributed by atoms with Gasteiger partial charge in [-0.1, -0.05) is 48.5 Å². The molecular weight excluding hydrogens is 448 g/mol. The number of fused-ring (bicyclic) bond motifs is 1. The van der Waals surface area contributed by atoms with Gasteiger partial charge in [-0.2, -0.15) is 0 Å². The maximum atomic E-state index is 13.6. The molecule has 0 unspecified atom stereocenters.